The van der Waals surface area contributed by atoms with E-state index < -0.39 is 17.4 Å². The number of aryl methyl sites for hydroxylation is 1. The van der Waals surface area contributed by atoms with Gasteiger partial charge in [0, 0.05) is 30.1 Å². The summed E-state index contributed by atoms with van der Waals surface area (Å²) in [4.78, 5) is 36.3. The first-order valence-corrected chi connectivity index (χ1v) is 11.2. The first kappa shape index (κ1) is 23.6. The minimum absolute atomic E-state index is 0.0375. The van der Waals surface area contributed by atoms with Gasteiger partial charge < -0.3 is 10.4 Å². The Balaban J connectivity index is 1.61. The Morgan fingerprint density at radius 2 is 2.00 bits per heavy atom. The van der Waals surface area contributed by atoms with Gasteiger partial charge in [-0.2, -0.15) is 5.10 Å². The molecule has 2 N–H and O–H groups in total. The molecule has 2 aromatic rings. The molecule has 0 spiro atoms. The van der Waals surface area contributed by atoms with Crippen LogP contribution >= 0.6 is 35.1 Å². The molecule has 1 fully saturated rings. The van der Waals surface area contributed by atoms with E-state index in [4.69, 9.17) is 28.3 Å². The van der Waals surface area contributed by atoms with Crippen molar-refractivity contribution in [3.8, 4) is 0 Å². The highest BCUT2D eigenvalue weighted by molar-refractivity contribution is 7.97. The predicted octanol–water partition coefficient (Wildman–Crippen LogP) is 3.69. The van der Waals surface area contributed by atoms with Crippen LogP contribution in [0.15, 0.2) is 34.1 Å². The molecule has 3 rings (SSSR count). The van der Waals surface area contributed by atoms with Gasteiger partial charge in [-0.15, -0.1) is 0 Å². The average molecular weight is 485 g/mol. The summed E-state index contributed by atoms with van der Waals surface area (Å²) in [6, 6.07) is 5.59. The van der Waals surface area contributed by atoms with E-state index in [0.29, 0.717) is 5.69 Å². The lowest BCUT2D eigenvalue weighted by molar-refractivity contribution is -0.138. The molecule has 1 aliphatic heterocycles. The minimum Gasteiger partial charge on any atom is -0.481 e. The minimum atomic E-state index is -0.747. The van der Waals surface area contributed by atoms with E-state index in [1.165, 1.54) is 6.20 Å². The second-order valence-electron chi connectivity index (χ2n) is 7.36. The number of halogens is 2. The van der Waals surface area contributed by atoms with Gasteiger partial charge in [-0.05, 0) is 55.3 Å². The molecule has 11 heteroatoms. The summed E-state index contributed by atoms with van der Waals surface area (Å²) >= 11 is 13.2. The third kappa shape index (κ3) is 6.46. The second kappa shape index (κ2) is 10.5. The van der Waals surface area contributed by atoms with Gasteiger partial charge in [0.05, 0.1) is 11.2 Å². The third-order valence-corrected chi connectivity index (χ3v) is 6.98. The van der Waals surface area contributed by atoms with E-state index >= 15 is 0 Å². The fourth-order valence-electron chi connectivity index (χ4n) is 3.26. The molecule has 1 aromatic heterocycles. The molecule has 0 radical (unpaired) electrons. The molecule has 1 aromatic carbocycles. The molecule has 2 heterocycles. The number of aliphatic carboxylic acids is 1. The molecular weight excluding hydrogens is 463 g/mol. The van der Waals surface area contributed by atoms with Crippen LogP contribution in [0.25, 0.3) is 0 Å². The van der Waals surface area contributed by atoms with Crippen LogP contribution in [0.1, 0.15) is 24.8 Å². The number of hydrogen-bond donors (Lipinski definition) is 2. The molecule has 0 unspecified atom stereocenters. The van der Waals surface area contributed by atoms with Crippen LogP contribution in [0, 0.1) is 12.8 Å². The molecular formula is C20H22Cl2N4O4S. The van der Waals surface area contributed by atoms with Gasteiger partial charge in [0.15, 0.2) is 0 Å². The number of benzene rings is 1. The van der Waals surface area contributed by atoms with Gasteiger partial charge in [-0.3, -0.25) is 14.4 Å². The number of aromatic nitrogens is 2. The summed E-state index contributed by atoms with van der Waals surface area (Å²) < 4.78 is 3.17. The van der Waals surface area contributed by atoms with Crippen molar-refractivity contribution in [3.05, 3.63) is 50.4 Å². The summed E-state index contributed by atoms with van der Waals surface area (Å²) in [6.07, 6.45) is 3.13. The number of carbonyl (C=O) groups excluding carboxylic acids is 1. The van der Waals surface area contributed by atoms with E-state index in [1.54, 1.807) is 18.0 Å². The highest BCUT2D eigenvalue weighted by Gasteiger charge is 2.22. The van der Waals surface area contributed by atoms with Crippen molar-refractivity contribution in [1.29, 1.82) is 0 Å². The summed E-state index contributed by atoms with van der Waals surface area (Å²) in [5.41, 5.74) is 1.04. The maximum absolute atomic E-state index is 12.4. The molecule has 1 aliphatic rings. The van der Waals surface area contributed by atoms with Crippen molar-refractivity contribution in [2.75, 3.05) is 18.4 Å². The maximum atomic E-state index is 12.4. The topological polar surface area (TPSA) is 105 Å². The molecule has 0 bridgehead atoms. The number of nitrogens with zero attached hydrogens (tertiary/aromatic N) is 3. The molecule has 1 saturated heterocycles. The Morgan fingerprint density at radius 3 is 2.68 bits per heavy atom. The Morgan fingerprint density at radius 1 is 1.29 bits per heavy atom. The van der Waals surface area contributed by atoms with E-state index in [0.717, 1.165) is 41.1 Å². The third-order valence-electron chi connectivity index (χ3n) is 4.97. The Kier molecular flexibility index (Phi) is 7.99. The number of anilines is 1. The fourth-order valence-corrected chi connectivity index (χ4v) is 4.60. The van der Waals surface area contributed by atoms with Crippen LogP contribution in [-0.2, 0) is 16.1 Å². The molecule has 0 atom stereocenters. The highest BCUT2D eigenvalue weighted by atomic mass is 35.5. The number of carbonyl (C=O) groups is 2. The van der Waals surface area contributed by atoms with Crippen molar-refractivity contribution in [2.45, 2.75) is 37.6 Å². The highest BCUT2D eigenvalue weighted by Crippen LogP contribution is 2.32. The van der Waals surface area contributed by atoms with Crippen LogP contribution in [0.5, 0.6) is 0 Å². The van der Waals surface area contributed by atoms with Gasteiger partial charge in [-0.1, -0.05) is 29.3 Å². The summed E-state index contributed by atoms with van der Waals surface area (Å²) in [6.45, 7) is 3.32. The van der Waals surface area contributed by atoms with Crippen molar-refractivity contribution in [1.82, 2.24) is 14.1 Å². The Bertz CT molecular complexity index is 1040. The second-order valence-corrected chi connectivity index (χ2v) is 9.28. The van der Waals surface area contributed by atoms with Crippen molar-refractivity contribution in [2.24, 2.45) is 5.92 Å². The number of carboxylic acid groups (broad SMARTS) is 1. The fraction of sp³-hybridized carbons (Fsp3) is 0.400. The monoisotopic (exact) mass is 484 g/mol. The zero-order valence-electron chi connectivity index (χ0n) is 16.8. The number of hydrogen-bond acceptors (Lipinski definition) is 6. The van der Waals surface area contributed by atoms with Gasteiger partial charge >= 0.3 is 5.97 Å². The molecule has 8 nitrogen and oxygen atoms in total. The maximum Gasteiger partial charge on any atom is 0.303 e. The van der Waals surface area contributed by atoms with E-state index in [-0.39, 0.29) is 28.9 Å². The summed E-state index contributed by atoms with van der Waals surface area (Å²) in [7, 11) is 0. The summed E-state index contributed by atoms with van der Waals surface area (Å²) in [5, 5.41) is 15.4. The van der Waals surface area contributed by atoms with E-state index in [1.807, 2.05) is 19.1 Å². The van der Waals surface area contributed by atoms with Gasteiger partial charge in [0.2, 0.25) is 5.91 Å². The van der Waals surface area contributed by atoms with Crippen LogP contribution in [-0.4, -0.2) is 44.2 Å². The van der Waals surface area contributed by atoms with Crippen LogP contribution in [0.3, 0.4) is 0 Å². The standard InChI is InChI=1S/C20H22Cl2N4O4S/c1-12-2-3-14(24-17(27)11-26-20(30)19(22)15(21)10-23-26)9-16(12)31-25-6-4-13(5-7-25)8-18(28)29/h2-3,9-10,13H,4-8,11H2,1H3,(H,24,27)(H,28,29). The number of amides is 1. The molecule has 0 aliphatic carbocycles. The number of piperidine rings is 1. The van der Waals surface area contributed by atoms with Crippen LogP contribution in [0.2, 0.25) is 10.0 Å². The molecule has 31 heavy (non-hydrogen) atoms. The lowest BCUT2D eigenvalue weighted by Gasteiger charge is -2.30. The van der Waals surface area contributed by atoms with E-state index in [2.05, 4.69) is 14.7 Å². The number of nitrogens with one attached hydrogen (secondary N) is 1. The first-order chi connectivity index (χ1) is 14.7. The van der Waals surface area contributed by atoms with Gasteiger partial charge in [0.1, 0.15) is 11.6 Å². The van der Waals surface area contributed by atoms with Crippen LogP contribution < -0.4 is 10.9 Å². The first-order valence-electron chi connectivity index (χ1n) is 9.69. The lowest BCUT2D eigenvalue weighted by atomic mass is 9.95. The summed E-state index contributed by atoms with van der Waals surface area (Å²) in [5.74, 6) is -0.939. The molecule has 166 valence electrons. The average Bonchev–Trinajstić information content (AvgIpc) is 2.72. The zero-order valence-corrected chi connectivity index (χ0v) is 19.1. The van der Waals surface area contributed by atoms with Crippen molar-refractivity contribution < 1.29 is 14.7 Å². The predicted molar refractivity (Wildman–Crippen MR) is 121 cm³/mol. The zero-order chi connectivity index (χ0) is 22.5. The van der Waals surface area contributed by atoms with Gasteiger partial charge in [0.25, 0.3) is 5.56 Å². The van der Waals surface area contributed by atoms with Crippen molar-refractivity contribution >= 4 is 52.7 Å². The van der Waals surface area contributed by atoms with Gasteiger partial charge in [-0.25, -0.2) is 8.99 Å². The SMILES string of the molecule is Cc1ccc(NC(=O)Cn2ncc(Cl)c(Cl)c2=O)cc1SN1CCC(CC(=O)O)CC1. The Labute approximate surface area is 193 Å². The number of carboxylic acids is 1. The lowest BCUT2D eigenvalue weighted by Crippen LogP contribution is -2.30. The smallest absolute Gasteiger partial charge is 0.303 e. The molecule has 1 amide bonds. The largest absolute Gasteiger partial charge is 0.481 e. The number of rotatable bonds is 7. The van der Waals surface area contributed by atoms with E-state index in [9.17, 15) is 14.4 Å². The Hall–Kier alpha value is -2.07. The quantitative estimate of drug-likeness (QED) is 0.577. The normalized spacial score (nSPS) is 15.1. The van der Waals surface area contributed by atoms with Crippen LogP contribution in [0.4, 0.5) is 5.69 Å². The molecule has 0 saturated carbocycles. The van der Waals surface area contributed by atoms with Crippen molar-refractivity contribution in [3.63, 3.8) is 0 Å².